The summed E-state index contributed by atoms with van der Waals surface area (Å²) >= 11 is 0. The molecule has 19 heteroatoms. The lowest BCUT2D eigenvalue weighted by atomic mass is 9.99. The Morgan fingerprint density at radius 1 is 0.301 bits per heavy atom. The van der Waals surface area contributed by atoms with Crippen molar-refractivity contribution in [3.05, 3.63) is 0 Å². The van der Waals surface area contributed by atoms with Crippen LogP contribution in [0.5, 0.6) is 0 Å². The van der Waals surface area contributed by atoms with Gasteiger partial charge in [0.2, 0.25) is 0 Å². The molecule has 0 rings (SSSR count). The molecule has 0 saturated carbocycles. The third-order valence-corrected chi connectivity index (χ3v) is 19.8. The number of rotatable bonds is 73. The zero-order valence-electron chi connectivity index (χ0n) is 60.6. The van der Waals surface area contributed by atoms with E-state index in [1.807, 2.05) is 0 Å². The van der Waals surface area contributed by atoms with Gasteiger partial charge in [0.1, 0.15) is 19.3 Å². The van der Waals surface area contributed by atoms with Crippen molar-refractivity contribution in [1.82, 2.24) is 0 Å². The Bertz CT molecular complexity index is 1810. The lowest BCUT2D eigenvalue weighted by molar-refractivity contribution is -0.161. The smallest absolute Gasteiger partial charge is 0.462 e. The van der Waals surface area contributed by atoms with E-state index in [2.05, 4.69) is 41.5 Å². The highest BCUT2D eigenvalue weighted by atomic mass is 31.2. The SMILES string of the molecule is CCCCCCCCCCCCCCCCCCCCC(=O)O[C@H](COC(=O)CCCCCCCCCCC(C)CC)COP(=O)(O)OC[C@@H](O)COP(=O)(O)OC[C@@H](COC(=O)CCCCCCCCCCCCC)OC(=O)CCCCCCCCCCC(C)CC. The van der Waals surface area contributed by atoms with Crippen molar-refractivity contribution in [1.29, 1.82) is 0 Å². The third-order valence-electron chi connectivity index (χ3n) is 17.9. The van der Waals surface area contributed by atoms with E-state index < -0.39 is 97.5 Å². The highest BCUT2D eigenvalue weighted by molar-refractivity contribution is 7.47. The first kappa shape index (κ1) is 91.1. The zero-order chi connectivity index (χ0) is 68.6. The monoisotopic (exact) mass is 1370 g/mol. The lowest BCUT2D eigenvalue weighted by Gasteiger charge is -2.21. The van der Waals surface area contributed by atoms with E-state index >= 15 is 0 Å². The summed E-state index contributed by atoms with van der Waals surface area (Å²) in [5.41, 5.74) is 0. The number of carbonyl (C=O) groups excluding carboxylic acids is 4. The standard InChI is InChI=1S/C74H144O17P2/c1-7-11-13-15-17-19-21-22-23-24-25-26-27-29-31-40-46-52-58-73(78)90-69(63-85-72(77)57-51-45-39-34-32-36-42-48-54-66(5)9-3)64-88-92(80,81)86-60-68(75)61-87-93(82,83)89-65-70(62-84-71(76)56-50-44-38-30-28-20-18-16-14-12-8-2)91-74(79)59-53-47-41-35-33-37-43-49-55-67(6)10-4/h66-70,75H,7-65H2,1-6H3,(H,80,81)(H,82,83)/t66?,67?,68-,69-,70-/m1/s1. The number of hydrogen-bond donors (Lipinski definition) is 3. The molecule has 552 valence electrons. The Kier molecular flexibility index (Phi) is 64.6. The second-order valence-electron chi connectivity index (χ2n) is 27.2. The molecule has 0 aliphatic heterocycles. The second kappa shape index (κ2) is 66.0. The molecule has 7 atom stereocenters. The Morgan fingerprint density at radius 3 is 0.763 bits per heavy atom. The van der Waals surface area contributed by atoms with E-state index in [9.17, 15) is 43.2 Å². The van der Waals surface area contributed by atoms with Crippen LogP contribution in [-0.4, -0.2) is 96.7 Å². The van der Waals surface area contributed by atoms with Crippen LogP contribution in [-0.2, 0) is 65.4 Å². The van der Waals surface area contributed by atoms with Gasteiger partial charge in [-0.2, -0.15) is 0 Å². The maximum absolute atomic E-state index is 13.1. The van der Waals surface area contributed by atoms with E-state index in [1.54, 1.807) is 0 Å². The number of hydrogen-bond acceptors (Lipinski definition) is 15. The van der Waals surface area contributed by atoms with Crippen molar-refractivity contribution in [2.75, 3.05) is 39.6 Å². The average molecular weight is 1370 g/mol. The van der Waals surface area contributed by atoms with Crippen molar-refractivity contribution in [3.63, 3.8) is 0 Å². The highest BCUT2D eigenvalue weighted by Crippen LogP contribution is 2.45. The molecule has 0 bridgehead atoms. The van der Waals surface area contributed by atoms with E-state index in [4.69, 9.17) is 37.0 Å². The molecule has 0 aromatic rings. The molecule has 0 aliphatic carbocycles. The Labute approximate surface area is 568 Å². The first-order chi connectivity index (χ1) is 44.9. The minimum atomic E-state index is -4.96. The van der Waals surface area contributed by atoms with Crippen LogP contribution in [0, 0.1) is 11.8 Å². The van der Waals surface area contributed by atoms with Crippen LogP contribution in [0.3, 0.4) is 0 Å². The number of aliphatic hydroxyl groups excluding tert-OH is 1. The van der Waals surface area contributed by atoms with Gasteiger partial charge in [-0.3, -0.25) is 37.3 Å². The fraction of sp³-hybridized carbons (Fsp3) is 0.946. The number of phosphoric acid groups is 2. The summed E-state index contributed by atoms with van der Waals surface area (Å²) in [6, 6.07) is 0. The topological polar surface area (TPSA) is 237 Å². The van der Waals surface area contributed by atoms with Gasteiger partial charge in [-0.1, -0.05) is 330 Å². The summed E-state index contributed by atoms with van der Waals surface area (Å²) in [4.78, 5) is 72.7. The molecule has 0 aromatic carbocycles. The molecule has 0 aliphatic rings. The third kappa shape index (κ3) is 65.8. The van der Waals surface area contributed by atoms with Crippen molar-refractivity contribution in [3.8, 4) is 0 Å². The molecule has 0 spiro atoms. The van der Waals surface area contributed by atoms with Crippen LogP contribution in [0.1, 0.15) is 382 Å². The minimum absolute atomic E-state index is 0.105. The van der Waals surface area contributed by atoms with Gasteiger partial charge in [0.05, 0.1) is 26.4 Å². The molecule has 0 aromatic heterocycles. The van der Waals surface area contributed by atoms with Crippen molar-refractivity contribution in [2.45, 2.75) is 400 Å². The molecule has 0 amide bonds. The largest absolute Gasteiger partial charge is 0.472 e. The summed E-state index contributed by atoms with van der Waals surface area (Å²) in [6.07, 6.45) is 52.6. The van der Waals surface area contributed by atoms with Gasteiger partial charge in [0.25, 0.3) is 0 Å². The Balaban J connectivity index is 5.24. The summed E-state index contributed by atoms with van der Waals surface area (Å²) in [7, 11) is -9.91. The fourth-order valence-corrected chi connectivity index (χ4v) is 12.8. The van der Waals surface area contributed by atoms with E-state index in [1.165, 1.54) is 199 Å². The van der Waals surface area contributed by atoms with Gasteiger partial charge in [-0.05, 0) is 37.5 Å². The Hall–Kier alpha value is -1.94. The number of carbonyl (C=O) groups is 4. The highest BCUT2D eigenvalue weighted by Gasteiger charge is 2.30. The lowest BCUT2D eigenvalue weighted by Crippen LogP contribution is -2.30. The van der Waals surface area contributed by atoms with Gasteiger partial charge < -0.3 is 33.8 Å². The predicted molar refractivity (Wildman–Crippen MR) is 377 cm³/mol. The summed E-state index contributed by atoms with van der Waals surface area (Å²) in [5.74, 6) is -0.572. The van der Waals surface area contributed by atoms with E-state index in [0.29, 0.717) is 25.7 Å². The number of ether oxygens (including phenoxy) is 4. The van der Waals surface area contributed by atoms with Crippen molar-refractivity contribution in [2.24, 2.45) is 11.8 Å². The second-order valence-corrected chi connectivity index (χ2v) is 30.1. The van der Waals surface area contributed by atoms with Gasteiger partial charge in [0.15, 0.2) is 12.2 Å². The van der Waals surface area contributed by atoms with Gasteiger partial charge in [-0.25, -0.2) is 9.13 Å². The molecule has 3 N–H and O–H groups in total. The van der Waals surface area contributed by atoms with Crippen LogP contribution in [0.4, 0.5) is 0 Å². The van der Waals surface area contributed by atoms with Crippen LogP contribution >= 0.6 is 15.6 Å². The Morgan fingerprint density at radius 2 is 0.516 bits per heavy atom. The first-order valence-corrected chi connectivity index (χ1v) is 41.6. The summed E-state index contributed by atoms with van der Waals surface area (Å²) < 4.78 is 68.5. The number of aliphatic hydroxyl groups is 1. The number of phosphoric ester groups is 2. The number of unbranched alkanes of at least 4 members (excludes halogenated alkanes) is 41. The predicted octanol–water partition coefficient (Wildman–Crippen LogP) is 21.6. The normalized spacial score (nSPS) is 14.6. The fourth-order valence-electron chi connectivity index (χ4n) is 11.2. The molecule has 0 fully saturated rings. The van der Waals surface area contributed by atoms with Gasteiger partial charge >= 0.3 is 39.5 Å². The van der Waals surface area contributed by atoms with Crippen LogP contribution < -0.4 is 0 Å². The maximum atomic E-state index is 13.1. The molecular formula is C74H144O17P2. The quantitative estimate of drug-likeness (QED) is 0.0222. The van der Waals surface area contributed by atoms with Crippen LogP contribution in [0.25, 0.3) is 0 Å². The molecule has 0 radical (unpaired) electrons. The molecule has 0 saturated heterocycles. The molecule has 4 unspecified atom stereocenters. The van der Waals surface area contributed by atoms with E-state index in [-0.39, 0.29) is 25.7 Å². The molecule has 17 nitrogen and oxygen atoms in total. The van der Waals surface area contributed by atoms with Crippen molar-refractivity contribution >= 4 is 39.5 Å². The maximum Gasteiger partial charge on any atom is 0.472 e. The molecule has 0 heterocycles. The van der Waals surface area contributed by atoms with Gasteiger partial charge in [0, 0.05) is 25.7 Å². The first-order valence-electron chi connectivity index (χ1n) is 38.6. The molecular weight excluding hydrogens is 1220 g/mol. The molecule has 93 heavy (non-hydrogen) atoms. The summed E-state index contributed by atoms with van der Waals surface area (Å²) in [6.45, 7) is 9.58. The van der Waals surface area contributed by atoms with E-state index in [0.717, 1.165) is 102 Å². The average Bonchev–Trinajstić information content (AvgIpc) is 3.73. The minimum Gasteiger partial charge on any atom is -0.462 e. The van der Waals surface area contributed by atoms with Crippen molar-refractivity contribution < 1.29 is 80.2 Å². The number of esters is 4. The zero-order valence-corrected chi connectivity index (χ0v) is 62.3. The van der Waals surface area contributed by atoms with Crippen LogP contribution in [0.2, 0.25) is 0 Å². The van der Waals surface area contributed by atoms with Crippen LogP contribution in [0.15, 0.2) is 0 Å². The van der Waals surface area contributed by atoms with Gasteiger partial charge in [-0.15, -0.1) is 0 Å². The summed E-state index contributed by atoms with van der Waals surface area (Å²) in [5, 5.41) is 10.6.